The second-order valence-electron chi connectivity index (χ2n) is 6.90. The van der Waals surface area contributed by atoms with Crippen LogP contribution in [0.5, 0.6) is 5.75 Å². The third-order valence-electron chi connectivity index (χ3n) is 4.74. The van der Waals surface area contributed by atoms with E-state index in [1.165, 1.54) is 0 Å². The number of hydrogen-bond acceptors (Lipinski definition) is 4. The third-order valence-corrected chi connectivity index (χ3v) is 4.74. The lowest BCUT2D eigenvalue weighted by molar-refractivity contribution is 0.128. The van der Waals surface area contributed by atoms with Gasteiger partial charge in [-0.25, -0.2) is 0 Å². The first-order chi connectivity index (χ1) is 12.6. The van der Waals surface area contributed by atoms with Gasteiger partial charge in [-0.05, 0) is 38.3 Å². The first-order valence-electron chi connectivity index (χ1n) is 9.53. The fourth-order valence-corrected chi connectivity index (χ4v) is 3.10. The molecule has 1 unspecified atom stereocenters. The Morgan fingerprint density at radius 2 is 2.00 bits per heavy atom. The highest BCUT2D eigenvalue weighted by Crippen LogP contribution is 2.17. The van der Waals surface area contributed by atoms with Gasteiger partial charge in [0.05, 0.1) is 13.2 Å². The molecular formula is C20H35IN4O2. The monoisotopic (exact) mass is 490 g/mol. The molecule has 1 aliphatic rings. The number of piperidine rings is 1. The highest BCUT2D eigenvalue weighted by molar-refractivity contribution is 14.0. The van der Waals surface area contributed by atoms with Gasteiger partial charge in [-0.15, -0.1) is 24.0 Å². The van der Waals surface area contributed by atoms with E-state index >= 15 is 0 Å². The van der Waals surface area contributed by atoms with Gasteiger partial charge in [0, 0.05) is 39.8 Å². The predicted molar refractivity (Wildman–Crippen MR) is 123 cm³/mol. The smallest absolute Gasteiger partial charge is 0.191 e. The maximum absolute atomic E-state index is 6.02. The number of ether oxygens (including phenoxy) is 2. The average molecular weight is 490 g/mol. The number of aryl methyl sites for hydroxylation is 1. The lowest BCUT2D eigenvalue weighted by Crippen LogP contribution is -2.50. The summed E-state index contributed by atoms with van der Waals surface area (Å²) >= 11 is 0. The summed E-state index contributed by atoms with van der Waals surface area (Å²) < 4.78 is 11.2. The minimum atomic E-state index is 0. The van der Waals surface area contributed by atoms with Crippen LogP contribution in [0.2, 0.25) is 0 Å². The number of hydrogen-bond donors (Lipinski definition) is 2. The summed E-state index contributed by atoms with van der Waals surface area (Å²) in [6.07, 6.45) is 2.31. The molecule has 2 rings (SSSR count). The van der Waals surface area contributed by atoms with Gasteiger partial charge in [-0.2, -0.15) is 0 Å². The maximum Gasteiger partial charge on any atom is 0.191 e. The summed E-state index contributed by atoms with van der Waals surface area (Å²) in [5.74, 6) is 1.79. The Kier molecular flexibility index (Phi) is 11.7. The number of para-hydroxylation sites is 1. The number of nitrogens with zero attached hydrogens (tertiary/aromatic N) is 2. The van der Waals surface area contributed by atoms with Gasteiger partial charge >= 0.3 is 0 Å². The Hall–Kier alpha value is -1.06. The first kappa shape index (κ1) is 24.0. The number of aliphatic imine (C=N–C) groups is 1. The summed E-state index contributed by atoms with van der Waals surface area (Å²) in [5.41, 5.74) is 1.15. The number of benzene rings is 1. The second-order valence-corrected chi connectivity index (χ2v) is 6.90. The van der Waals surface area contributed by atoms with Crippen molar-refractivity contribution in [3.63, 3.8) is 0 Å². The van der Waals surface area contributed by atoms with Gasteiger partial charge in [0.1, 0.15) is 11.9 Å². The van der Waals surface area contributed by atoms with Crippen molar-refractivity contribution in [2.45, 2.75) is 38.8 Å². The molecule has 6 nitrogen and oxygen atoms in total. The van der Waals surface area contributed by atoms with Crippen LogP contribution in [-0.4, -0.2) is 69.9 Å². The van der Waals surface area contributed by atoms with E-state index in [1.54, 1.807) is 7.11 Å². The molecule has 154 valence electrons. The van der Waals surface area contributed by atoms with E-state index in [9.17, 15) is 0 Å². The summed E-state index contributed by atoms with van der Waals surface area (Å²) in [7, 11) is 3.57. The Labute approximate surface area is 181 Å². The van der Waals surface area contributed by atoms with E-state index < -0.39 is 0 Å². The molecule has 0 amide bonds. The normalized spacial score (nSPS) is 17.1. The minimum Gasteiger partial charge on any atom is -0.489 e. The molecule has 1 aromatic rings. The molecule has 1 aliphatic heterocycles. The minimum absolute atomic E-state index is 0. The number of likely N-dealkylation sites (tertiary alicyclic amines) is 1. The summed E-state index contributed by atoms with van der Waals surface area (Å²) in [6, 6.07) is 8.57. The van der Waals surface area contributed by atoms with Gasteiger partial charge in [0.15, 0.2) is 5.96 Å². The molecule has 0 bridgehead atoms. The molecule has 0 spiro atoms. The molecule has 27 heavy (non-hydrogen) atoms. The molecule has 1 atom stereocenters. The molecule has 2 N–H and O–H groups in total. The fourth-order valence-electron chi connectivity index (χ4n) is 3.10. The summed E-state index contributed by atoms with van der Waals surface area (Å²) in [5, 5.41) is 6.92. The van der Waals surface area contributed by atoms with Crippen LogP contribution in [-0.2, 0) is 4.74 Å². The molecule has 1 heterocycles. The van der Waals surface area contributed by atoms with Gasteiger partial charge in [-0.3, -0.25) is 4.99 Å². The lowest BCUT2D eigenvalue weighted by atomic mass is 10.1. The van der Waals surface area contributed by atoms with E-state index in [-0.39, 0.29) is 30.1 Å². The summed E-state index contributed by atoms with van der Waals surface area (Å²) in [4.78, 5) is 6.81. The number of halogens is 1. The molecule has 0 radical (unpaired) electrons. The van der Waals surface area contributed by atoms with Crippen LogP contribution in [0, 0.1) is 6.92 Å². The predicted octanol–water partition coefficient (Wildman–Crippen LogP) is 2.66. The zero-order valence-corrected chi connectivity index (χ0v) is 19.4. The van der Waals surface area contributed by atoms with Crippen molar-refractivity contribution in [2.75, 3.05) is 46.9 Å². The molecule has 0 saturated carbocycles. The number of rotatable bonds is 8. The van der Waals surface area contributed by atoms with Crippen molar-refractivity contribution in [1.82, 2.24) is 15.5 Å². The first-order valence-corrected chi connectivity index (χ1v) is 9.53. The largest absolute Gasteiger partial charge is 0.489 e. The molecule has 1 aromatic carbocycles. The van der Waals surface area contributed by atoms with E-state index in [1.807, 2.05) is 25.2 Å². The van der Waals surface area contributed by atoms with E-state index in [2.05, 4.69) is 40.4 Å². The van der Waals surface area contributed by atoms with Crippen molar-refractivity contribution in [3.8, 4) is 5.75 Å². The highest BCUT2D eigenvalue weighted by atomic mass is 127. The van der Waals surface area contributed by atoms with Crippen LogP contribution in [0.4, 0.5) is 0 Å². The van der Waals surface area contributed by atoms with Crippen molar-refractivity contribution in [2.24, 2.45) is 4.99 Å². The van der Waals surface area contributed by atoms with E-state index in [0.717, 1.165) is 56.4 Å². The molecule has 0 aromatic heterocycles. The highest BCUT2D eigenvalue weighted by Gasteiger charge is 2.19. The van der Waals surface area contributed by atoms with Crippen LogP contribution in [0.25, 0.3) is 0 Å². The van der Waals surface area contributed by atoms with Crippen LogP contribution in [0.15, 0.2) is 29.3 Å². The SMILES string of the molecule is CN=C(NCC(C)Oc1ccccc1C)NC1CCN(CCOC)CC1.I. The summed E-state index contributed by atoms with van der Waals surface area (Å²) in [6.45, 7) is 8.87. The maximum atomic E-state index is 6.02. The average Bonchev–Trinajstić information content (AvgIpc) is 2.66. The Morgan fingerprint density at radius 3 is 2.63 bits per heavy atom. The molecule has 1 fully saturated rings. The van der Waals surface area contributed by atoms with Crippen LogP contribution in [0.1, 0.15) is 25.3 Å². The second kappa shape index (κ2) is 13.2. The molecular weight excluding hydrogens is 455 g/mol. The van der Waals surface area contributed by atoms with Gasteiger partial charge in [-0.1, -0.05) is 18.2 Å². The Bertz CT molecular complexity index is 563. The van der Waals surface area contributed by atoms with E-state index in [0.29, 0.717) is 12.6 Å². The number of nitrogens with one attached hydrogen (secondary N) is 2. The quantitative estimate of drug-likeness (QED) is 0.334. The van der Waals surface area contributed by atoms with Gasteiger partial charge in [0.2, 0.25) is 0 Å². The van der Waals surface area contributed by atoms with Crippen molar-refractivity contribution in [3.05, 3.63) is 29.8 Å². The number of methoxy groups -OCH3 is 1. The standard InChI is InChI=1S/C20H34N4O2.HI/c1-16-7-5-6-8-19(16)26-17(2)15-22-20(21-3)23-18-9-11-24(12-10-18)13-14-25-4;/h5-8,17-18H,9-15H2,1-4H3,(H2,21,22,23);1H. The zero-order valence-electron chi connectivity index (χ0n) is 17.0. The van der Waals surface area contributed by atoms with Crippen LogP contribution >= 0.6 is 24.0 Å². The fraction of sp³-hybridized carbons (Fsp3) is 0.650. The van der Waals surface area contributed by atoms with Crippen LogP contribution in [0.3, 0.4) is 0 Å². The van der Waals surface area contributed by atoms with Crippen molar-refractivity contribution >= 4 is 29.9 Å². The molecule has 1 saturated heterocycles. The van der Waals surface area contributed by atoms with Crippen LogP contribution < -0.4 is 15.4 Å². The van der Waals surface area contributed by atoms with Gasteiger partial charge in [0.25, 0.3) is 0 Å². The molecule has 7 heteroatoms. The Morgan fingerprint density at radius 1 is 1.30 bits per heavy atom. The topological polar surface area (TPSA) is 58.1 Å². The van der Waals surface area contributed by atoms with Crippen molar-refractivity contribution in [1.29, 1.82) is 0 Å². The Balaban J connectivity index is 0.00000364. The van der Waals surface area contributed by atoms with Crippen molar-refractivity contribution < 1.29 is 9.47 Å². The number of guanidine groups is 1. The molecule has 0 aliphatic carbocycles. The van der Waals surface area contributed by atoms with Gasteiger partial charge < -0.3 is 25.0 Å². The zero-order chi connectivity index (χ0) is 18.8. The lowest BCUT2D eigenvalue weighted by Gasteiger charge is -2.33. The van der Waals surface area contributed by atoms with E-state index in [4.69, 9.17) is 9.47 Å². The third kappa shape index (κ3) is 8.66.